The normalized spacial score (nSPS) is 15.0. The summed E-state index contributed by atoms with van der Waals surface area (Å²) in [5.74, 6) is -1.75. The molecule has 1 aromatic carbocycles. The van der Waals surface area contributed by atoms with E-state index in [1.807, 2.05) is 0 Å². The van der Waals surface area contributed by atoms with Gasteiger partial charge in [-0.05, 0) is 25.0 Å². The van der Waals surface area contributed by atoms with Crippen molar-refractivity contribution in [1.82, 2.24) is 20.3 Å². The van der Waals surface area contributed by atoms with E-state index < -0.39 is 11.6 Å². The standard InChI is InChI=1S/C12H12F2N4/c13-11-4-3-10(5-12(11)14)18-7-9(16-17-18)6-15-8-1-2-8/h3-5,7-8,15H,1-2,6H2. The lowest BCUT2D eigenvalue weighted by molar-refractivity contribution is 0.507. The molecule has 18 heavy (non-hydrogen) atoms. The average molecular weight is 250 g/mol. The van der Waals surface area contributed by atoms with E-state index in [-0.39, 0.29) is 0 Å². The molecule has 2 aromatic rings. The van der Waals surface area contributed by atoms with Crippen LogP contribution in [0.15, 0.2) is 24.4 Å². The van der Waals surface area contributed by atoms with Gasteiger partial charge in [-0.25, -0.2) is 13.5 Å². The molecule has 1 heterocycles. The lowest BCUT2D eigenvalue weighted by Gasteiger charge is -2.00. The number of nitrogens with zero attached hydrogens (tertiary/aromatic N) is 3. The molecule has 0 bridgehead atoms. The first-order valence-corrected chi connectivity index (χ1v) is 5.82. The summed E-state index contributed by atoms with van der Waals surface area (Å²) in [6.45, 7) is 0.647. The van der Waals surface area contributed by atoms with Crippen molar-refractivity contribution in [3.63, 3.8) is 0 Å². The van der Waals surface area contributed by atoms with Crippen molar-refractivity contribution in [2.75, 3.05) is 0 Å². The molecule has 4 nitrogen and oxygen atoms in total. The Labute approximate surface area is 103 Å². The third-order valence-electron chi connectivity index (χ3n) is 2.86. The highest BCUT2D eigenvalue weighted by atomic mass is 19.2. The molecule has 0 amide bonds. The first-order valence-electron chi connectivity index (χ1n) is 5.82. The van der Waals surface area contributed by atoms with E-state index in [2.05, 4.69) is 15.6 Å². The third kappa shape index (κ3) is 2.38. The molecule has 0 aliphatic heterocycles. The van der Waals surface area contributed by atoms with E-state index >= 15 is 0 Å². The van der Waals surface area contributed by atoms with Gasteiger partial charge in [0.1, 0.15) is 0 Å². The van der Waals surface area contributed by atoms with E-state index in [0.29, 0.717) is 18.3 Å². The predicted molar refractivity (Wildman–Crippen MR) is 61.1 cm³/mol. The Bertz CT molecular complexity index is 563. The minimum Gasteiger partial charge on any atom is -0.308 e. The van der Waals surface area contributed by atoms with Crippen molar-refractivity contribution >= 4 is 0 Å². The number of aromatic nitrogens is 3. The fraction of sp³-hybridized carbons (Fsp3) is 0.333. The Hall–Kier alpha value is -1.82. The molecule has 94 valence electrons. The van der Waals surface area contributed by atoms with Gasteiger partial charge < -0.3 is 5.32 Å². The van der Waals surface area contributed by atoms with Crippen LogP contribution in [0.25, 0.3) is 5.69 Å². The number of benzene rings is 1. The van der Waals surface area contributed by atoms with Gasteiger partial charge in [0.25, 0.3) is 0 Å². The van der Waals surface area contributed by atoms with Gasteiger partial charge in [-0.2, -0.15) is 0 Å². The van der Waals surface area contributed by atoms with Crippen molar-refractivity contribution < 1.29 is 8.78 Å². The number of halogens is 2. The molecule has 0 saturated heterocycles. The summed E-state index contributed by atoms with van der Waals surface area (Å²) in [6.07, 6.45) is 4.12. The second kappa shape index (κ2) is 4.45. The van der Waals surface area contributed by atoms with Gasteiger partial charge in [-0.3, -0.25) is 0 Å². The van der Waals surface area contributed by atoms with Crippen molar-refractivity contribution in [2.24, 2.45) is 0 Å². The zero-order valence-electron chi connectivity index (χ0n) is 9.61. The molecule has 0 unspecified atom stereocenters. The maximum Gasteiger partial charge on any atom is 0.160 e. The van der Waals surface area contributed by atoms with Crippen LogP contribution >= 0.6 is 0 Å². The topological polar surface area (TPSA) is 42.7 Å². The van der Waals surface area contributed by atoms with Crippen LogP contribution in [-0.4, -0.2) is 21.0 Å². The highest BCUT2D eigenvalue weighted by Crippen LogP contribution is 2.19. The van der Waals surface area contributed by atoms with Crippen molar-refractivity contribution in [3.05, 3.63) is 41.7 Å². The predicted octanol–water partition coefficient (Wildman–Crippen LogP) is 1.80. The fourth-order valence-electron chi connectivity index (χ4n) is 1.67. The molecule has 0 radical (unpaired) electrons. The molecule has 0 atom stereocenters. The molecular formula is C12H12F2N4. The fourth-order valence-corrected chi connectivity index (χ4v) is 1.67. The van der Waals surface area contributed by atoms with E-state index in [4.69, 9.17) is 0 Å². The Morgan fingerprint density at radius 2 is 2.11 bits per heavy atom. The van der Waals surface area contributed by atoms with Crippen molar-refractivity contribution in [3.8, 4) is 5.69 Å². The van der Waals surface area contributed by atoms with Gasteiger partial charge in [0.05, 0.1) is 17.6 Å². The first kappa shape index (κ1) is 11.3. The molecular weight excluding hydrogens is 238 g/mol. The summed E-state index contributed by atoms with van der Waals surface area (Å²) >= 11 is 0. The molecule has 3 rings (SSSR count). The highest BCUT2D eigenvalue weighted by molar-refractivity contribution is 5.31. The summed E-state index contributed by atoms with van der Waals surface area (Å²) in [4.78, 5) is 0. The van der Waals surface area contributed by atoms with E-state index in [1.54, 1.807) is 6.20 Å². The summed E-state index contributed by atoms with van der Waals surface area (Å²) in [5.41, 5.74) is 1.24. The lowest BCUT2D eigenvalue weighted by atomic mass is 10.3. The van der Waals surface area contributed by atoms with Crippen LogP contribution in [-0.2, 0) is 6.54 Å². The number of nitrogens with one attached hydrogen (secondary N) is 1. The van der Waals surface area contributed by atoms with Gasteiger partial charge in [0.15, 0.2) is 11.6 Å². The quantitative estimate of drug-likeness (QED) is 0.899. The van der Waals surface area contributed by atoms with E-state index in [1.165, 1.54) is 23.6 Å². The van der Waals surface area contributed by atoms with Gasteiger partial charge in [-0.15, -0.1) is 5.10 Å². The highest BCUT2D eigenvalue weighted by Gasteiger charge is 2.20. The third-order valence-corrected chi connectivity index (χ3v) is 2.86. The molecule has 1 saturated carbocycles. The minimum atomic E-state index is -0.888. The first-order chi connectivity index (χ1) is 8.72. The Morgan fingerprint density at radius 3 is 2.83 bits per heavy atom. The van der Waals surface area contributed by atoms with Gasteiger partial charge in [0, 0.05) is 18.7 Å². The van der Waals surface area contributed by atoms with Crippen molar-refractivity contribution in [1.29, 1.82) is 0 Å². The maximum absolute atomic E-state index is 13.1. The molecule has 0 spiro atoms. The van der Waals surface area contributed by atoms with E-state index in [0.717, 1.165) is 17.8 Å². The molecule has 1 N–H and O–H groups in total. The van der Waals surface area contributed by atoms with Crippen LogP contribution in [0.2, 0.25) is 0 Å². The Balaban J connectivity index is 1.76. The zero-order valence-corrected chi connectivity index (χ0v) is 9.61. The molecule has 1 aliphatic rings. The lowest BCUT2D eigenvalue weighted by Crippen LogP contribution is -2.15. The maximum atomic E-state index is 13.1. The van der Waals surface area contributed by atoms with Crippen LogP contribution in [0.3, 0.4) is 0 Å². The second-order valence-corrected chi connectivity index (χ2v) is 4.41. The van der Waals surface area contributed by atoms with Gasteiger partial charge >= 0.3 is 0 Å². The minimum absolute atomic E-state index is 0.457. The Morgan fingerprint density at radius 1 is 1.28 bits per heavy atom. The van der Waals surface area contributed by atoms with Crippen LogP contribution in [0.1, 0.15) is 18.5 Å². The number of rotatable bonds is 4. The van der Waals surface area contributed by atoms with Crippen molar-refractivity contribution in [2.45, 2.75) is 25.4 Å². The largest absolute Gasteiger partial charge is 0.308 e. The number of hydrogen-bond acceptors (Lipinski definition) is 3. The van der Waals surface area contributed by atoms with Crippen LogP contribution < -0.4 is 5.32 Å². The molecule has 1 fully saturated rings. The Kier molecular flexibility index (Phi) is 2.79. The second-order valence-electron chi connectivity index (χ2n) is 4.41. The van der Waals surface area contributed by atoms with Crippen LogP contribution in [0, 0.1) is 11.6 Å². The average Bonchev–Trinajstić information content (AvgIpc) is 3.08. The van der Waals surface area contributed by atoms with E-state index in [9.17, 15) is 8.78 Å². The smallest absolute Gasteiger partial charge is 0.160 e. The summed E-state index contributed by atoms with van der Waals surface area (Å²) in [6, 6.07) is 4.24. The summed E-state index contributed by atoms with van der Waals surface area (Å²) in [5, 5.41) is 11.2. The zero-order chi connectivity index (χ0) is 12.5. The summed E-state index contributed by atoms with van der Waals surface area (Å²) < 4.78 is 27.3. The SMILES string of the molecule is Fc1ccc(-n2cc(CNC3CC3)nn2)cc1F. The van der Waals surface area contributed by atoms with Crippen LogP contribution in [0.4, 0.5) is 8.78 Å². The molecule has 1 aromatic heterocycles. The molecule has 6 heteroatoms. The molecule has 1 aliphatic carbocycles. The number of hydrogen-bond donors (Lipinski definition) is 1. The van der Waals surface area contributed by atoms with Gasteiger partial charge in [-0.1, -0.05) is 5.21 Å². The monoisotopic (exact) mass is 250 g/mol. The summed E-state index contributed by atoms with van der Waals surface area (Å²) in [7, 11) is 0. The van der Waals surface area contributed by atoms with Crippen LogP contribution in [0.5, 0.6) is 0 Å². The van der Waals surface area contributed by atoms with Gasteiger partial charge in [0.2, 0.25) is 0 Å².